The Morgan fingerprint density at radius 3 is 2.42 bits per heavy atom. The maximum atomic E-state index is 15.7. The lowest BCUT2D eigenvalue weighted by Crippen LogP contribution is -2.71. The number of aromatic nitrogens is 2. The van der Waals surface area contributed by atoms with E-state index in [2.05, 4.69) is 85.3 Å². The van der Waals surface area contributed by atoms with Crippen LogP contribution in [0.15, 0.2) is 53.9 Å². The molecule has 10 aliphatic rings. The van der Waals surface area contributed by atoms with Gasteiger partial charge in [-0.15, -0.1) is 0 Å². The number of aliphatic hydroxyl groups excluding tert-OH is 1. The maximum Gasteiger partial charge on any atom is 0.160 e. The van der Waals surface area contributed by atoms with Crippen LogP contribution in [0, 0.1) is 44.8 Å². The Morgan fingerprint density at radius 2 is 1.69 bits per heavy atom. The number of aryl methyl sites for hydroxylation is 1. The lowest BCUT2D eigenvalue weighted by molar-refractivity contribution is -0.245. The van der Waals surface area contributed by atoms with Gasteiger partial charge in [-0.3, -0.25) is 9.59 Å². The van der Waals surface area contributed by atoms with E-state index in [1.165, 1.54) is 54.4 Å². The topological polar surface area (TPSA) is 149 Å². The molecular formula is C61H83N3O7. The van der Waals surface area contributed by atoms with Gasteiger partial charge in [-0.25, -0.2) is 0 Å². The molecule has 7 aliphatic carbocycles. The molecule has 13 rings (SSSR count). The third-order valence-electron chi connectivity index (χ3n) is 22.3. The molecule has 384 valence electrons. The molecule has 2 saturated heterocycles. The third kappa shape index (κ3) is 7.05. The minimum absolute atomic E-state index is 0.0938. The Bertz CT molecular complexity index is 2720. The first-order valence-corrected chi connectivity index (χ1v) is 28.1. The van der Waals surface area contributed by atoms with E-state index in [-0.39, 0.29) is 29.1 Å². The van der Waals surface area contributed by atoms with Crippen molar-refractivity contribution < 1.29 is 34.4 Å². The molecule has 1 spiro atoms. The normalized spacial score (nSPS) is 39.8. The number of ketones is 2. The predicted octanol–water partition coefficient (Wildman–Crippen LogP) is 10.1. The van der Waals surface area contributed by atoms with Gasteiger partial charge in [0.25, 0.3) is 0 Å². The van der Waals surface area contributed by atoms with Crippen molar-refractivity contribution in [1.82, 2.24) is 14.9 Å². The molecule has 11 atom stereocenters. The van der Waals surface area contributed by atoms with Crippen LogP contribution in [0.2, 0.25) is 0 Å². The van der Waals surface area contributed by atoms with E-state index in [0.717, 1.165) is 66.4 Å². The standard InChI is InChI=1S/C61H83N3O7/c1-54(2)52(71-54)45(66)32-55(3)19-14-39-34-63-50-41(29-37-28-40(38-12-9-8-10-13-38)31-42(30-37)60(68)23-26-70-27-24-60)35-64(51(39)50)36-43-48-49(55)44(65)33-59(48)17-11-18-61(43,69)53-57(5)20-16-47(67)56(4,22-25-62-7)46(57)15-21-58(53,59)6/h11,18,28,30-31,34-35,38,43,45-46,52-53,62-63,66,68-69H,8-10,12-17,19-27,29,32-33,36H2,1-7H3/t43-,45+,46-,52+,53+,55-,56-,57+,58-,59-,61+/m0/s1. The number of hydrogen-bond acceptors (Lipinski definition) is 8. The van der Waals surface area contributed by atoms with E-state index < -0.39 is 50.5 Å². The quantitative estimate of drug-likeness (QED) is 0.0996. The molecule has 2 aromatic heterocycles. The minimum Gasteiger partial charge on any atom is -0.390 e. The summed E-state index contributed by atoms with van der Waals surface area (Å²) in [4.78, 5) is 33.8. The van der Waals surface area contributed by atoms with Gasteiger partial charge in [0.15, 0.2) is 5.78 Å². The number of benzene rings is 1. The molecule has 5 N–H and O–H groups in total. The number of allylic oxidation sites excluding steroid dienone is 2. The van der Waals surface area contributed by atoms with Crippen molar-refractivity contribution in [3.05, 3.63) is 81.7 Å². The first-order chi connectivity index (χ1) is 33.7. The molecule has 10 nitrogen and oxygen atoms in total. The number of ether oxygens (including phenoxy) is 2. The molecule has 0 amide bonds. The monoisotopic (exact) mass is 970 g/mol. The van der Waals surface area contributed by atoms with Crippen molar-refractivity contribution >= 4 is 22.6 Å². The lowest BCUT2D eigenvalue weighted by atomic mass is 9.32. The Balaban J connectivity index is 1.03. The highest BCUT2D eigenvalue weighted by Crippen LogP contribution is 2.80. The number of Topliss-reactive ketones (excluding diaryl/α,β-unsaturated/α-hetero) is 2. The third-order valence-corrected chi connectivity index (χ3v) is 22.3. The molecular weight excluding hydrogens is 887 g/mol. The second-order valence-corrected chi connectivity index (χ2v) is 26.6. The summed E-state index contributed by atoms with van der Waals surface area (Å²) in [7, 11) is 1.97. The fraction of sp³-hybridized carbons (Fsp3) is 0.705. The molecule has 0 radical (unpaired) electrons. The lowest BCUT2D eigenvalue weighted by Gasteiger charge is -2.72. The van der Waals surface area contributed by atoms with Crippen molar-refractivity contribution in [1.29, 1.82) is 0 Å². The highest BCUT2D eigenvalue weighted by Gasteiger charge is 2.77. The number of aliphatic hydroxyl groups is 3. The first-order valence-electron chi connectivity index (χ1n) is 28.1. The van der Waals surface area contributed by atoms with Crippen LogP contribution in [0.25, 0.3) is 11.0 Å². The molecule has 10 heteroatoms. The Morgan fingerprint density at radius 1 is 0.930 bits per heavy atom. The van der Waals surface area contributed by atoms with Crippen LogP contribution >= 0.6 is 0 Å². The van der Waals surface area contributed by atoms with Gasteiger partial charge in [0.2, 0.25) is 0 Å². The number of H-pyrrole nitrogens is 1. The fourth-order valence-corrected chi connectivity index (χ4v) is 18.7. The van der Waals surface area contributed by atoms with E-state index in [1.807, 2.05) is 20.9 Å². The van der Waals surface area contributed by atoms with Crippen molar-refractivity contribution in [2.45, 2.75) is 199 Å². The van der Waals surface area contributed by atoms with Crippen LogP contribution in [0.1, 0.15) is 178 Å². The van der Waals surface area contributed by atoms with Crippen LogP contribution < -0.4 is 5.32 Å². The zero-order valence-electron chi connectivity index (χ0n) is 44.0. The van der Waals surface area contributed by atoms with Gasteiger partial charge in [0.1, 0.15) is 11.9 Å². The minimum atomic E-state index is -1.33. The highest BCUT2D eigenvalue weighted by molar-refractivity contribution is 6.02. The first kappa shape index (κ1) is 48.6. The molecule has 6 fully saturated rings. The van der Waals surface area contributed by atoms with Crippen LogP contribution in [-0.4, -0.2) is 86.7 Å². The van der Waals surface area contributed by atoms with Gasteiger partial charge >= 0.3 is 0 Å². The molecule has 5 heterocycles. The van der Waals surface area contributed by atoms with E-state index in [1.54, 1.807) is 0 Å². The van der Waals surface area contributed by atoms with Crippen molar-refractivity contribution in [3.63, 3.8) is 0 Å². The number of carbonyl (C=O) groups excluding carboxylic acids is 2. The molecule has 3 aromatic rings. The highest BCUT2D eigenvalue weighted by atomic mass is 16.6. The molecule has 71 heavy (non-hydrogen) atoms. The SMILES string of the molecule is CNCC[C@]1(C)C(=O)CC[C@@]2(C)[C@H]3[C@@]4(O)C=CC[C@@]5(CC(=O)C6=C5[C@@H]4Cn4cc(Cc5cc(C7CCCCC7)cc(C7(O)CCOCC7)c5)c5[nH]cc(c54)CC[C@@]6(C)C[C@@H](O)[C@H]4OC4(C)C)[C@@]3(C)CC[C@H]21. The predicted molar refractivity (Wildman–Crippen MR) is 276 cm³/mol. The Kier molecular flexibility index (Phi) is 11.3. The van der Waals surface area contributed by atoms with Gasteiger partial charge in [0.05, 0.1) is 33.9 Å². The van der Waals surface area contributed by atoms with Gasteiger partial charge in [-0.1, -0.05) is 77.3 Å². The van der Waals surface area contributed by atoms with E-state index in [4.69, 9.17) is 9.47 Å². The summed E-state index contributed by atoms with van der Waals surface area (Å²) in [5, 5.41) is 42.3. The Hall–Kier alpha value is -3.38. The van der Waals surface area contributed by atoms with E-state index in [0.29, 0.717) is 82.8 Å². The zero-order valence-corrected chi connectivity index (χ0v) is 44.0. The number of rotatable bonds is 10. The smallest absolute Gasteiger partial charge is 0.160 e. The number of fused-ring (bicyclic) bond motifs is 2. The van der Waals surface area contributed by atoms with E-state index in [9.17, 15) is 20.1 Å². The average molecular weight is 970 g/mol. The number of aromatic amines is 1. The van der Waals surface area contributed by atoms with Gasteiger partial charge in [-0.2, -0.15) is 0 Å². The maximum absolute atomic E-state index is 15.7. The van der Waals surface area contributed by atoms with Crippen molar-refractivity contribution in [3.8, 4) is 0 Å². The molecule has 2 bridgehead atoms. The van der Waals surface area contributed by atoms with Crippen LogP contribution in [0.5, 0.6) is 0 Å². The fourth-order valence-electron chi connectivity index (χ4n) is 18.7. The summed E-state index contributed by atoms with van der Waals surface area (Å²) < 4.78 is 14.3. The second kappa shape index (κ2) is 16.6. The zero-order chi connectivity index (χ0) is 49.7. The Labute approximate surface area is 422 Å². The molecule has 1 aromatic carbocycles. The van der Waals surface area contributed by atoms with Crippen LogP contribution in [0.4, 0.5) is 0 Å². The summed E-state index contributed by atoms with van der Waals surface area (Å²) in [6.07, 6.45) is 22.6. The van der Waals surface area contributed by atoms with Crippen molar-refractivity contribution in [2.24, 2.45) is 44.8 Å². The van der Waals surface area contributed by atoms with Gasteiger partial charge in [0, 0.05) is 92.5 Å². The molecule has 3 aliphatic heterocycles. The number of nitrogens with one attached hydrogen (secondary N) is 2. The van der Waals surface area contributed by atoms with E-state index >= 15 is 4.79 Å². The largest absolute Gasteiger partial charge is 0.390 e. The summed E-state index contributed by atoms with van der Waals surface area (Å²) in [5.41, 5.74) is 5.05. The van der Waals surface area contributed by atoms with Crippen LogP contribution in [-0.2, 0) is 44.1 Å². The number of epoxide rings is 1. The van der Waals surface area contributed by atoms with Gasteiger partial charge < -0.3 is 39.7 Å². The summed E-state index contributed by atoms with van der Waals surface area (Å²) in [5.74, 6) is 0.504. The van der Waals surface area contributed by atoms with Crippen LogP contribution in [0.3, 0.4) is 0 Å². The molecule has 4 saturated carbocycles. The average Bonchev–Trinajstić information content (AvgIpc) is 3.55. The number of hydrogen-bond donors (Lipinski definition) is 5. The second-order valence-electron chi connectivity index (χ2n) is 26.6. The number of nitrogens with zero attached hydrogens (tertiary/aromatic N) is 1. The summed E-state index contributed by atoms with van der Waals surface area (Å²) in [6, 6.07) is 7.00. The summed E-state index contributed by atoms with van der Waals surface area (Å²) >= 11 is 0. The number of carbonyl (C=O) groups is 2. The van der Waals surface area contributed by atoms with Crippen molar-refractivity contribution in [2.75, 3.05) is 26.8 Å². The van der Waals surface area contributed by atoms with Gasteiger partial charge in [-0.05, 0) is 153 Å². The summed E-state index contributed by atoms with van der Waals surface area (Å²) in [6.45, 7) is 15.8. The molecule has 0 unspecified atom stereocenters.